The van der Waals surface area contributed by atoms with Gasteiger partial charge in [-0.3, -0.25) is 9.78 Å². The van der Waals surface area contributed by atoms with Crippen LogP contribution in [0.4, 0.5) is 13.2 Å². The third-order valence-corrected chi connectivity index (χ3v) is 2.34. The van der Waals surface area contributed by atoms with Gasteiger partial charge in [-0.2, -0.15) is 13.2 Å². The van der Waals surface area contributed by atoms with E-state index in [1.54, 1.807) is 19.2 Å². The van der Waals surface area contributed by atoms with Crippen LogP contribution in [0.2, 0.25) is 0 Å². The van der Waals surface area contributed by atoms with Crippen LogP contribution < -0.4 is 0 Å². The molecule has 0 aliphatic carbocycles. The Hall–Kier alpha value is -1.39. The van der Waals surface area contributed by atoms with Crippen molar-refractivity contribution in [2.75, 3.05) is 0 Å². The molecule has 0 radical (unpaired) electrons. The Kier molecular flexibility index (Phi) is 4.26. The average molecular weight is 245 g/mol. The second-order valence-electron chi connectivity index (χ2n) is 4.07. The molecule has 2 nitrogen and oxygen atoms in total. The lowest BCUT2D eigenvalue weighted by Gasteiger charge is -2.06. The van der Waals surface area contributed by atoms with E-state index >= 15 is 0 Å². The first kappa shape index (κ1) is 13.7. The molecule has 1 aromatic rings. The molecule has 1 rings (SSSR count). The van der Waals surface area contributed by atoms with Crippen molar-refractivity contribution in [3.8, 4) is 0 Å². The molecule has 0 bridgehead atoms. The highest BCUT2D eigenvalue weighted by Crippen LogP contribution is 2.23. The summed E-state index contributed by atoms with van der Waals surface area (Å²) in [6, 6.07) is 1.80. The smallest absolute Gasteiger partial charge is 0.292 e. The predicted molar refractivity (Wildman–Crippen MR) is 57.9 cm³/mol. The largest absolute Gasteiger partial charge is 0.389 e. The quantitative estimate of drug-likeness (QED) is 0.758. The normalized spacial score (nSPS) is 11.6. The molecule has 0 aromatic carbocycles. The van der Waals surface area contributed by atoms with Crippen LogP contribution in [-0.2, 0) is 0 Å². The molecule has 0 aliphatic rings. The first-order valence-electron chi connectivity index (χ1n) is 5.33. The number of nitrogens with zero attached hydrogens (tertiary/aromatic N) is 1. The molecule has 17 heavy (non-hydrogen) atoms. The van der Waals surface area contributed by atoms with Crippen LogP contribution in [0, 0.1) is 13.8 Å². The highest BCUT2D eigenvalue weighted by Gasteiger charge is 2.26. The van der Waals surface area contributed by atoms with E-state index in [1.807, 2.05) is 6.92 Å². The number of hydrogen-bond acceptors (Lipinski definition) is 2. The molecule has 0 unspecified atom stereocenters. The Morgan fingerprint density at radius 2 is 2.00 bits per heavy atom. The molecular weight excluding hydrogens is 231 g/mol. The zero-order chi connectivity index (χ0) is 13.1. The molecule has 94 valence electrons. The number of Topliss-reactive ketones (excluding diaryl/α,β-unsaturated/α-hetero) is 1. The number of hydrogen-bond donors (Lipinski definition) is 0. The van der Waals surface area contributed by atoms with Gasteiger partial charge < -0.3 is 0 Å². The molecular formula is C12H14F3NO. The van der Waals surface area contributed by atoms with Crippen LogP contribution in [0.15, 0.2) is 12.3 Å². The van der Waals surface area contributed by atoms with E-state index in [2.05, 4.69) is 4.98 Å². The topological polar surface area (TPSA) is 30.0 Å². The monoisotopic (exact) mass is 245 g/mol. The van der Waals surface area contributed by atoms with E-state index in [-0.39, 0.29) is 24.3 Å². The molecule has 0 amide bonds. The van der Waals surface area contributed by atoms with Crippen LogP contribution in [0.3, 0.4) is 0 Å². The molecule has 0 aliphatic heterocycles. The Balaban J connectivity index is 2.59. The number of carbonyl (C=O) groups is 1. The van der Waals surface area contributed by atoms with E-state index in [4.69, 9.17) is 0 Å². The van der Waals surface area contributed by atoms with Crippen molar-refractivity contribution in [3.63, 3.8) is 0 Å². The standard InChI is InChI=1S/C12H14F3NO/c1-8-6-9(2)11(16-7-8)10(17)4-3-5-12(13,14)15/h6-7H,3-5H2,1-2H3. The fraction of sp³-hybridized carbons (Fsp3) is 0.500. The van der Waals surface area contributed by atoms with Gasteiger partial charge in [-0.1, -0.05) is 6.07 Å². The zero-order valence-electron chi connectivity index (χ0n) is 9.77. The molecule has 5 heteroatoms. The minimum absolute atomic E-state index is 0.115. The Bertz CT molecular complexity index is 413. The first-order chi connectivity index (χ1) is 7.79. The molecule has 0 saturated carbocycles. The van der Waals surface area contributed by atoms with Crippen LogP contribution >= 0.6 is 0 Å². The van der Waals surface area contributed by atoms with Gasteiger partial charge in [-0.25, -0.2) is 0 Å². The van der Waals surface area contributed by atoms with Crippen molar-refractivity contribution < 1.29 is 18.0 Å². The maximum absolute atomic E-state index is 11.9. The van der Waals surface area contributed by atoms with Crippen molar-refractivity contribution in [2.45, 2.75) is 39.3 Å². The van der Waals surface area contributed by atoms with E-state index < -0.39 is 12.6 Å². The second kappa shape index (κ2) is 5.29. The van der Waals surface area contributed by atoms with Crippen molar-refractivity contribution in [1.29, 1.82) is 0 Å². The summed E-state index contributed by atoms with van der Waals surface area (Å²) < 4.78 is 35.7. The van der Waals surface area contributed by atoms with Crippen LogP contribution in [0.25, 0.3) is 0 Å². The number of aromatic nitrogens is 1. The third-order valence-electron chi connectivity index (χ3n) is 2.34. The van der Waals surface area contributed by atoms with E-state index in [9.17, 15) is 18.0 Å². The lowest BCUT2D eigenvalue weighted by atomic mass is 10.1. The summed E-state index contributed by atoms with van der Waals surface area (Å²) in [7, 11) is 0. The lowest BCUT2D eigenvalue weighted by molar-refractivity contribution is -0.135. The highest BCUT2D eigenvalue weighted by molar-refractivity contribution is 5.95. The van der Waals surface area contributed by atoms with Crippen LogP contribution in [-0.4, -0.2) is 16.9 Å². The van der Waals surface area contributed by atoms with Crippen molar-refractivity contribution >= 4 is 5.78 Å². The highest BCUT2D eigenvalue weighted by atomic mass is 19.4. The minimum Gasteiger partial charge on any atom is -0.292 e. The second-order valence-corrected chi connectivity index (χ2v) is 4.07. The zero-order valence-corrected chi connectivity index (χ0v) is 9.77. The SMILES string of the molecule is Cc1cnc(C(=O)CCCC(F)(F)F)c(C)c1. The van der Waals surface area contributed by atoms with Gasteiger partial charge in [0.15, 0.2) is 5.78 Å². The summed E-state index contributed by atoms with van der Waals surface area (Å²) in [4.78, 5) is 15.6. The van der Waals surface area contributed by atoms with Gasteiger partial charge in [0.1, 0.15) is 5.69 Å². The van der Waals surface area contributed by atoms with E-state index in [1.165, 1.54) is 0 Å². The Morgan fingerprint density at radius 1 is 1.35 bits per heavy atom. The summed E-state index contributed by atoms with van der Waals surface area (Å²) >= 11 is 0. The van der Waals surface area contributed by atoms with Crippen molar-refractivity contribution in [3.05, 3.63) is 29.1 Å². The molecule has 1 heterocycles. The molecule has 0 N–H and O–H groups in total. The summed E-state index contributed by atoms with van der Waals surface area (Å²) in [5, 5.41) is 0. The number of halogens is 3. The van der Waals surface area contributed by atoms with Crippen molar-refractivity contribution in [2.24, 2.45) is 0 Å². The molecule has 1 aromatic heterocycles. The number of alkyl halides is 3. The lowest BCUT2D eigenvalue weighted by Crippen LogP contribution is -2.10. The van der Waals surface area contributed by atoms with Gasteiger partial charge in [-0.15, -0.1) is 0 Å². The number of carbonyl (C=O) groups excluding carboxylic acids is 1. The van der Waals surface area contributed by atoms with Gasteiger partial charge in [0.2, 0.25) is 0 Å². The molecule has 0 saturated heterocycles. The van der Waals surface area contributed by atoms with Crippen LogP contribution in [0.1, 0.15) is 40.9 Å². The first-order valence-corrected chi connectivity index (χ1v) is 5.33. The summed E-state index contributed by atoms with van der Waals surface area (Å²) in [5.74, 6) is -0.327. The van der Waals surface area contributed by atoms with Gasteiger partial charge in [0.25, 0.3) is 0 Å². The molecule has 0 spiro atoms. The van der Waals surface area contributed by atoms with Gasteiger partial charge in [-0.05, 0) is 31.4 Å². The fourth-order valence-electron chi connectivity index (χ4n) is 1.58. The third kappa shape index (κ3) is 4.54. The molecule has 0 fully saturated rings. The maximum Gasteiger partial charge on any atom is 0.389 e. The number of aryl methyl sites for hydroxylation is 2. The fourth-order valence-corrected chi connectivity index (χ4v) is 1.58. The van der Waals surface area contributed by atoms with Gasteiger partial charge >= 0.3 is 6.18 Å². The Morgan fingerprint density at radius 3 is 2.53 bits per heavy atom. The number of rotatable bonds is 4. The number of ketones is 1. The van der Waals surface area contributed by atoms with Gasteiger partial charge in [0.05, 0.1) is 0 Å². The maximum atomic E-state index is 11.9. The minimum atomic E-state index is -4.20. The summed E-state index contributed by atoms with van der Waals surface area (Å²) in [5.41, 5.74) is 1.91. The van der Waals surface area contributed by atoms with Crippen LogP contribution in [0.5, 0.6) is 0 Å². The number of pyridine rings is 1. The average Bonchev–Trinajstić information content (AvgIpc) is 2.15. The summed E-state index contributed by atoms with van der Waals surface area (Å²) in [6.07, 6.45) is -3.88. The van der Waals surface area contributed by atoms with E-state index in [0.717, 1.165) is 5.56 Å². The predicted octanol–water partition coefficient (Wildman–Crippen LogP) is 3.61. The van der Waals surface area contributed by atoms with Crippen molar-refractivity contribution in [1.82, 2.24) is 4.98 Å². The summed E-state index contributed by atoms with van der Waals surface area (Å²) in [6.45, 7) is 3.58. The van der Waals surface area contributed by atoms with Gasteiger partial charge in [0, 0.05) is 19.0 Å². The van der Waals surface area contributed by atoms with E-state index in [0.29, 0.717) is 5.56 Å². The Labute approximate surface area is 97.9 Å². The molecule has 0 atom stereocenters.